The predicted octanol–water partition coefficient (Wildman–Crippen LogP) is 12.8. The lowest BCUT2D eigenvalue weighted by Crippen LogP contribution is -2.10. The first-order chi connectivity index (χ1) is 23.3. The Labute approximate surface area is 266 Å². The van der Waals surface area contributed by atoms with Crippen molar-refractivity contribution in [2.75, 3.05) is 4.90 Å². The van der Waals surface area contributed by atoms with E-state index in [0.717, 1.165) is 105 Å². The molecule has 0 saturated heterocycles. The fourth-order valence-electron chi connectivity index (χ4n) is 7.35. The molecule has 0 bridgehead atoms. The molecule has 11 aromatic rings. The third kappa shape index (κ3) is 3.43. The van der Waals surface area contributed by atoms with E-state index in [2.05, 4.69) is 77.7 Å². The maximum absolute atomic E-state index is 6.73. The van der Waals surface area contributed by atoms with E-state index >= 15 is 0 Å². The molecule has 0 aliphatic carbocycles. The van der Waals surface area contributed by atoms with Gasteiger partial charge in [-0.15, -0.1) is 0 Å². The van der Waals surface area contributed by atoms with Gasteiger partial charge in [0.25, 0.3) is 0 Å². The van der Waals surface area contributed by atoms with Crippen molar-refractivity contribution in [2.45, 2.75) is 0 Å². The largest absolute Gasteiger partial charge is 0.456 e. The van der Waals surface area contributed by atoms with Crippen LogP contribution >= 0.6 is 0 Å². The minimum Gasteiger partial charge on any atom is -0.456 e. The molecule has 4 aromatic heterocycles. The molecular formula is C42H23NO4. The van der Waals surface area contributed by atoms with E-state index in [1.165, 1.54) is 0 Å². The molecule has 0 amide bonds. The number of benzene rings is 7. The SMILES string of the molecule is c1ccc2c(c1)oc1cc(N(c3ccc4c(c3)oc3ccccc34)c3cc4c5ccccc5oc4c4c3oc3ccccc34)ccc12. The average molecular weight is 606 g/mol. The first kappa shape index (κ1) is 24.8. The quantitative estimate of drug-likeness (QED) is 0.201. The van der Waals surface area contributed by atoms with Crippen LogP contribution in [0.15, 0.2) is 157 Å². The molecule has 0 radical (unpaired) electrons. The maximum atomic E-state index is 6.73. The second-order valence-electron chi connectivity index (χ2n) is 12.1. The number of fused-ring (bicyclic) bond motifs is 13. The van der Waals surface area contributed by atoms with Gasteiger partial charge in [-0.05, 0) is 54.6 Å². The van der Waals surface area contributed by atoms with Gasteiger partial charge in [0.2, 0.25) is 0 Å². The molecule has 5 heteroatoms. The molecule has 0 atom stereocenters. The van der Waals surface area contributed by atoms with Crippen LogP contribution in [0.4, 0.5) is 17.1 Å². The summed E-state index contributed by atoms with van der Waals surface area (Å²) in [6.07, 6.45) is 0. The van der Waals surface area contributed by atoms with Crippen LogP contribution in [0.5, 0.6) is 0 Å². The zero-order valence-electron chi connectivity index (χ0n) is 24.9. The van der Waals surface area contributed by atoms with E-state index in [0.29, 0.717) is 0 Å². The van der Waals surface area contributed by atoms with Crippen molar-refractivity contribution in [3.8, 4) is 0 Å². The Morgan fingerprint density at radius 3 is 1.32 bits per heavy atom. The predicted molar refractivity (Wildman–Crippen MR) is 190 cm³/mol. The van der Waals surface area contributed by atoms with Crippen LogP contribution in [-0.2, 0) is 0 Å². The minimum atomic E-state index is 0.743. The van der Waals surface area contributed by atoms with Gasteiger partial charge in [0.15, 0.2) is 5.58 Å². The lowest BCUT2D eigenvalue weighted by atomic mass is 10.0. The van der Waals surface area contributed by atoms with Crippen LogP contribution < -0.4 is 4.90 Å². The standard InChI is InChI=1S/C42H23NO4/c1-5-13-34-26(9-1)29-19-17-24(21-38(29)44-34)43(25-18-20-30-27-10-2-6-14-35(27)45-39(30)22-25)33-23-32-28-11-3-7-15-36(28)46-41(32)40-31-12-4-8-16-37(31)47-42(33)40/h1-23H. The summed E-state index contributed by atoms with van der Waals surface area (Å²) >= 11 is 0. The first-order valence-electron chi connectivity index (χ1n) is 15.7. The van der Waals surface area contributed by atoms with Crippen molar-refractivity contribution in [1.82, 2.24) is 0 Å². The second-order valence-corrected chi connectivity index (χ2v) is 12.1. The highest BCUT2D eigenvalue weighted by Crippen LogP contribution is 2.49. The summed E-state index contributed by atoms with van der Waals surface area (Å²) in [6.45, 7) is 0. The van der Waals surface area contributed by atoms with E-state index in [-0.39, 0.29) is 0 Å². The average Bonchev–Trinajstić information content (AvgIpc) is 3.87. The van der Waals surface area contributed by atoms with Gasteiger partial charge in [0.1, 0.15) is 39.1 Å². The molecule has 0 unspecified atom stereocenters. The van der Waals surface area contributed by atoms with Gasteiger partial charge in [0.05, 0.1) is 22.4 Å². The van der Waals surface area contributed by atoms with Crippen molar-refractivity contribution < 1.29 is 17.7 Å². The Bertz CT molecular complexity index is 2930. The van der Waals surface area contributed by atoms with Crippen LogP contribution in [0.2, 0.25) is 0 Å². The van der Waals surface area contributed by atoms with E-state index in [1.807, 2.05) is 66.7 Å². The molecule has 0 N–H and O–H groups in total. The van der Waals surface area contributed by atoms with Crippen molar-refractivity contribution in [3.05, 3.63) is 140 Å². The Morgan fingerprint density at radius 2 is 0.745 bits per heavy atom. The normalized spacial score (nSPS) is 12.3. The number of anilines is 3. The zero-order valence-corrected chi connectivity index (χ0v) is 24.9. The molecule has 5 nitrogen and oxygen atoms in total. The van der Waals surface area contributed by atoms with Crippen LogP contribution in [0.1, 0.15) is 0 Å². The van der Waals surface area contributed by atoms with Crippen LogP contribution in [0.25, 0.3) is 87.8 Å². The lowest BCUT2D eigenvalue weighted by Gasteiger charge is -2.25. The van der Waals surface area contributed by atoms with Gasteiger partial charge in [-0.3, -0.25) is 0 Å². The lowest BCUT2D eigenvalue weighted by molar-refractivity contribution is 0.662. The number of rotatable bonds is 3. The number of nitrogens with zero attached hydrogens (tertiary/aromatic N) is 1. The summed E-state index contributed by atoms with van der Waals surface area (Å²) in [7, 11) is 0. The van der Waals surface area contributed by atoms with Crippen molar-refractivity contribution in [3.63, 3.8) is 0 Å². The smallest absolute Gasteiger partial charge is 0.163 e. The second kappa shape index (κ2) is 9.05. The summed E-state index contributed by atoms with van der Waals surface area (Å²) in [4.78, 5) is 2.24. The third-order valence-corrected chi connectivity index (χ3v) is 9.45. The Morgan fingerprint density at radius 1 is 0.319 bits per heavy atom. The summed E-state index contributed by atoms with van der Waals surface area (Å²) in [5.41, 5.74) is 9.30. The van der Waals surface area contributed by atoms with Crippen molar-refractivity contribution in [2.24, 2.45) is 0 Å². The van der Waals surface area contributed by atoms with E-state index in [4.69, 9.17) is 17.7 Å². The van der Waals surface area contributed by atoms with Crippen LogP contribution in [-0.4, -0.2) is 0 Å². The van der Waals surface area contributed by atoms with E-state index in [1.54, 1.807) is 0 Å². The molecule has 4 heterocycles. The number of hydrogen-bond donors (Lipinski definition) is 0. The van der Waals surface area contributed by atoms with Gasteiger partial charge in [-0.2, -0.15) is 0 Å². The Kier molecular flexibility index (Phi) is 4.78. The summed E-state index contributed by atoms with van der Waals surface area (Å²) < 4.78 is 26.1. The molecule has 7 aromatic carbocycles. The number of hydrogen-bond acceptors (Lipinski definition) is 5. The summed E-state index contributed by atoms with van der Waals surface area (Å²) in [5, 5.41) is 8.36. The topological polar surface area (TPSA) is 55.8 Å². The highest BCUT2D eigenvalue weighted by Gasteiger charge is 2.25. The maximum Gasteiger partial charge on any atom is 0.163 e. The van der Waals surface area contributed by atoms with Gasteiger partial charge >= 0.3 is 0 Å². The van der Waals surface area contributed by atoms with E-state index < -0.39 is 0 Å². The number of furan rings is 4. The van der Waals surface area contributed by atoms with Crippen LogP contribution in [0, 0.1) is 0 Å². The van der Waals surface area contributed by atoms with Gasteiger partial charge in [-0.1, -0.05) is 72.8 Å². The van der Waals surface area contributed by atoms with Crippen molar-refractivity contribution in [1.29, 1.82) is 0 Å². The molecular weight excluding hydrogens is 582 g/mol. The zero-order chi connectivity index (χ0) is 30.6. The molecule has 0 spiro atoms. The van der Waals surface area contributed by atoms with Crippen LogP contribution in [0.3, 0.4) is 0 Å². The molecule has 0 aliphatic rings. The van der Waals surface area contributed by atoms with Crippen molar-refractivity contribution >= 4 is 105 Å². The highest BCUT2D eigenvalue weighted by molar-refractivity contribution is 6.25. The fraction of sp³-hybridized carbons (Fsp3) is 0. The fourth-order valence-corrected chi connectivity index (χ4v) is 7.35. The first-order valence-corrected chi connectivity index (χ1v) is 15.7. The minimum absolute atomic E-state index is 0.743. The van der Waals surface area contributed by atoms with Gasteiger partial charge in [-0.25, -0.2) is 0 Å². The summed E-state index contributed by atoms with van der Waals surface area (Å²) in [6, 6.07) is 47.7. The molecule has 220 valence electrons. The van der Waals surface area contributed by atoms with E-state index in [9.17, 15) is 0 Å². The molecule has 0 fully saturated rings. The highest BCUT2D eigenvalue weighted by atomic mass is 16.3. The van der Waals surface area contributed by atoms with Gasteiger partial charge < -0.3 is 22.6 Å². The molecule has 0 saturated carbocycles. The summed E-state index contributed by atoms with van der Waals surface area (Å²) in [5.74, 6) is 0. The number of para-hydroxylation sites is 4. The molecule has 47 heavy (non-hydrogen) atoms. The molecule has 11 rings (SSSR count). The third-order valence-electron chi connectivity index (χ3n) is 9.45. The van der Waals surface area contributed by atoms with Gasteiger partial charge in [0, 0.05) is 49.8 Å². The Balaban J connectivity index is 1.27. The Hall–Kier alpha value is -6.46. The molecule has 0 aliphatic heterocycles. The monoisotopic (exact) mass is 605 g/mol.